The van der Waals surface area contributed by atoms with E-state index in [0.29, 0.717) is 17.1 Å². The van der Waals surface area contributed by atoms with Crippen LogP contribution in [-0.2, 0) is 0 Å². The molecule has 3 heterocycles. The van der Waals surface area contributed by atoms with Crippen LogP contribution in [0.25, 0.3) is 5.65 Å². The van der Waals surface area contributed by atoms with Gasteiger partial charge in [-0.25, -0.2) is 4.98 Å². The maximum Gasteiger partial charge on any atom is 0.255 e. The van der Waals surface area contributed by atoms with Gasteiger partial charge in [-0.3, -0.25) is 4.79 Å². The van der Waals surface area contributed by atoms with Gasteiger partial charge in [0, 0.05) is 36.1 Å². The standard InChI is InChI=1S/C19H22N4O3/c1-11-8-12(2)23-7-6-16(18(23)20-11)19(24)21-14-4-5-15(10-14)25-17-9-13(3)26-22-17/h6-9,14-15H,4-5,10H2,1-3H3,(H,21,24). The van der Waals surface area contributed by atoms with Crippen LogP contribution in [0.3, 0.4) is 0 Å². The SMILES string of the molecule is Cc1cc(C)n2ccc(C(=O)NC3CCC(Oc4cc(C)on4)C3)c2n1. The molecule has 3 aromatic heterocycles. The first kappa shape index (κ1) is 16.6. The van der Waals surface area contributed by atoms with Crippen LogP contribution in [0.1, 0.15) is 46.8 Å². The highest BCUT2D eigenvalue weighted by Crippen LogP contribution is 2.25. The van der Waals surface area contributed by atoms with E-state index in [-0.39, 0.29) is 18.1 Å². The molecule has 1 fully saturated rings. The molecule has 0 radical (unpaired) electrons. The quantitative estimate of drug-likeness (QED) is 0.779. The molecule has 1 aliphatic carbocycles. The monoisotopic (exact) mass is 354 g/mol. The maximum atomic E-state index is 12.7. The highest BCUT2D eigenvalue weighted by molar-refractivity contribution is 6.00. The Morgan fingerprint density at radius 2 is 2.15 bits per heavy atom. The molecule has 0 aliphatic heterocycles. The summed E-state index contributed by atoms with van der Waals surface area (Å²) in [4.78, 5) is 17.3. The van der Waals surface area contributed by atoms with Gasteiger partial charge in [0.15, 0.2) is 0 Å². The van der Waals surface area contributed by atoms with Crippen LogP contribution in [-0.4, -0.2) is 32.6 Å². The van der Waals surface area contributed by atoms with E-state index in [1.807, 2.05) is 43.5 Å². The summed E-state index contributed by atoms with van der Waals surface area (Å²) in [5.41, 5.74) is 3.26. The Hall–Kier alpha value is -2.83. The first-order valence-electron chi connectivity index (χ1n) is 8.86. The number of fused-ring (bicyclic) bond motifs is 1. The number of carbonyl (C=O) groups excluding carboxylic acids is 1. The van der Waals surface area contributed by atoms with Gasteiger partial charge in [0.25, 0.3) is 11.8 Å². The number of nitrogens with one attached hydrogen (secondary N) is 1. The molecule has 1 saturated carbocycles. The third-order valence-corrected chi connectivity index (χ3v) is 4.80. The van der Waals surface area contributed by atoms with Gasteiger partial charge in [0.2, 0.25) is 0 Å². The molecule has 3 aromatic rings. The van der Waals surface area contributed by atoms with Gasteiger partial charge in [-0.2, -0.15) is 0 Å². The summed E-state index contributed by atoms with van der Waals surface area (Å²) < 4.78 is 12.8. The van der Waals surface area contributed by atoms with E-state index in [0.717, 1.165) is 36.4 Å². The molecule has 0 spiro atoms. The number of aromatic nitrogens is 3. The van der Waals surface area contributed by atoms with Crippen molar-refractivity contribution in [2.75, 3.05) is 0 Å². The number of aryl methyl sites for hydroxylation is 3. The number of rotatable bonds is 4. The van der Waals surface area contributed by atoms with E-state index in [1.165, 1.54) is 0 Å². The van der Waals surface area contributed by atoms with E-state index in [1.54, 1.807) is 6.07 Å². The lowest BCUT2D eigenvalue weighted by Crippen LogP contribution is -2.33. The van der Waals surface area contributed by atoms with Crippen molar-refractivity contribution >= 4 is 11.6 Å². The van der Waals surface area contributed by atoms with Crippen molar-refractivity contribution in [3.05, 3.63) is 47.1 Å². The molecule has 7 nitrogen and oxygen atoms in total. The largest absolute Gasteiger partial charge is 0.472 e. The van der Waals surface area contributed by atoms with Gasteiger partial charge in [-0.05, 0) is 50.9 Å². The second-order valence-corrected chi connectivity index (χ2v) is 6.96. The van der Waals surface area contributed by atoms with Crippen LogP contribution in [0, 0.1) is 20.8 Å². The van der Waals surface area contributed by atoms with Crippen molar-refractivity contribution in [2.45, 2.75) is 52.2 Å². The Bertz CT molecular complexity index is 959. The molecule has 0 bridgehead atoms. The van der Waals surface area contributed by atoms with Crippen LogP contribution in [0.4, 0.5) is 0 Å². The van der Waals surface area contributed by atoms with E-state index in [2.05, 4.69) is 15.5 Å². The molecule has 1 aliphatic rings. The van der Waals surface area contributed by atoms with E-state index in [4.69, 9.17) is 9.26 Å². The second kappa shape index (κ2) is 6.48. The molecule has 26 heavy (non-hydrogen) atoms. The number of hydrogen-bond acceptors (Lipinski definition) is 5. The number of carbonyl (C=O) groups is 1. The zero-order valence-electron chi connectivity index (χ0n) is 15.2. The van der Waals surface area contributed by atoms with Crippen molar-refractivity contribution in [3.63, 3.8) is 0 Å². The van der Waals surface area contributed by atoms with E-state index >= 15 is 0 Å². The normalized spacial score (nSPS) is 19.8. The molecule has 0 aromatic carbocycles. The minimum absolute atomic E-state index is 0.0400. The summed E-state index contributed by atoms with van der Waals surface area (Å²) in [5.74, 6) is 1.14. The molecule has 1 N–H and O–H groups in total. The van der Waals surface area contributed by atoms with Crippen LogP contribution < -0.4 is 10.1 Å². The third-order valence-electron chi connectivity index (χ3n) is 4.80. The van der Waals surface area contributed by atoms with Gasteiger partial charge in [0.05, 0.1) is 5.56 Å². The van der Waals surface area contributed by atoms with Crippen molar-refractivity contribution < 1.29 is 14.1 Å². The average Bonchev–Trinajstić information content (AvgIpc) is 3.28. The minimum Gasteiger partial charge on any atom is -0.472 e. The lowest BCUT2D eigenvalue weighted by molar-refractivity contribution is 0.0936. The minimum atomic E-state index is -0.0899. The number of amides is 1. The Morgan fingerprint density at radius 3 is 2.92 bits per heavy atom. The number of ether oxygens (including phenoxy) is 1. The maximum absolute atomic E-state index is 12.7. The topological polar surface area (TPSA) is 81.7 Å². The van der Waals surface area contributed by atoms with Crippen LogP contribution in [0.2, 0.25) is 0 Å². The number of nitrogens with zero attached hydrogens (tertiary/aromatic N) is 3. The molecular formula is C19H22N4O3. The molecule has 136 valence electrons. The van der Waals surface area contributed by atoms with Gasteiger partial charge >= 0.3 is 0 Å². The first-order chi connectivity index (χ1) is 12.5. The zero-order valence-corrected chi connectivity index (χ0v) is 15.2. The van der Waals surface area contributed by atoms with Gasteiger partial charge < -0.3 is 19.0 Å². The highest BCUT2D eigenvalue weighted by atomic mass is 16.5. The summed E-state index contributed by atoms with van der Waals surface area (Å²) >= 11 is 0. The van der Waals surface area contributed by atoms with Crippen LogP contribution in [0.5, 0.6) is 5.88 Å². The van der Waals surface area contributed by atoms with Crippen molar-refractivity contribution in [1.82, 2.24) is 19.9 Å². The average molecular weight is 354 g/mol. The summed E-state index contributed by atoms with van der Waals surface area (Å²) in [5, 5.41) is 6.98. The van der Waals surface area contributed by atoms with Crippen molar-refractivity contribution in [1.29, 1.82) is 0 Å². The van der Waals surface area contributed by atoms with E-state index in [9.17, 15) is 4.79 Å². The second-order valence-electron chi connectivity index (χ2n) is 6.96. The van der Waals surface area contributed by atoms with Gasteiger partial charge in [-0.15, -0.1) is 0 Å². The molecule has 4 rings (SSSR count). The van der Waals surface area contributed by atoms with Gasteiger partial charge in [-0.1, -0.05) is 0 Å². The Kier molecular flexibility index (Phi) is 4.14. The third kappa shape index (κ3) is 3.16. The van der Waals surface area contributed by atoms with Crippen LogP contribution >= 0.6 is 0 Å². The summed E-state index contributed by atoms with van der Waals surface area (Å²) in [6.07, 6.45) is 4.45. The Balaban J connectivity index is 1.43. The Labute approximate surface area is 151 Å². The molecule has 0 saturated heterocycles. The van der Waals surface area contributed by atoms with Gasteiger partial charge in [0.1, 0.15) is 17.5 Å². The summed E-state index contributed by atoms with van der Waals surface area (Å²) in [6, 6.07) is 5.68. The fraction of sp³-hybridized carbons (Fsp3) is 0.421. The summed E-state index contributed by atoms with van der Waals surface area (Å²) in [6.45, 7) is 5.78. The van der Waals surface area contributed by atoms with E-state index < -0.39 is 0 Å². The summed E-state index contributed by atoms with van der Waals surface area (Å²) in [7, 11) is 0. The molecule has 1 amide bonds. The zero-order chi connectivity index (χ0) is 18.3. The molecule has 2 atom stereocenters. The lowest BCUT2D eigenvalue weighted by Gasteiger charge is -2.13. The fourth-order valence-corrected chi connectivity index (χ4v) is 3.58. The van der Waals surface area contributed by atoms with Crippen LogP contribution in [0.15, 0.2) is 28.9 Å². The molecular weight excluding hydrogens is 332 g/mol. The molecule has 2 unspecified atom stereocenters. The highest BCUT2D eigenvalue weighted by Gasteiger charge is 2.29. The first-order valence-corrected chi connectivity index (χ1v) is 8.86. The predicted molar refractivity (Wildman–Crippen MR) is 95.4 cm³/mol. The Morgan fingerprint density at radius 1 is 1.31 bits per heavy atom. The molecule has 7 heteroatoms. The number of hydrogen-bond donors (Lipinski definition) is 1. The smallest absolute Gasteiger partial charge is 0.255 e. The van der Waals surface area contributed by atoms with Crippen molar-refractivity contribution in [3.8, 4) is 5.88 Å². The fourth-order valence-electron chi connectivity index (χ4n) is 3.58. The van der Waals surface area contributed by atoms with Crippen molar-refractivity contribution in [2.24, 2.45) is 0 Å². The lowest BCUT2D eigenvalue weighted by atomic mass is 10.2. The predicted octanol–water partition coefficient (Wildman–Crippen LogP) is 2.98.